The van der Waals surface area contributed by atoms with Crippen molar-refractivity contribution in [2.24, 2.45) is 0 Å². The van der Waals surface area contributed by atoms with E-state index in [-0.39, 0.29) is 5.88 Å². The number of rotatable bonds is 3. The van der Waals surface area contributed by atoms with Crippen LogP contribution in [-0.4, -0.2) is 24.8 Å². The molecule has 0 fully saturated rings. The van der Waals surface area contributed by atoms with Gasteiger partial charge in [-0.05, 0) is 12.1 Å². The monoisotopic (exact) mass is 186 g/mol. The van der Waals surface area contributed by atoms with Crippen LogP contribution in [0, 0.1) is 0 Å². The summed E-state index contributed by atoms with van der Waals surface area (Å²) in [5.41, 5.74) is 0. The molecule has 0 atom stereocenters. The van der Waals surface area contributed by atoms with Crippen molar-refractivity contribution >= 4 is 19.3 Å². The Balaban J connectivity index is 2.94. The third-order valence-corrected chi connectivity index (χ3v) is 1.37. The van der Waals surface area contributed by atoms with Crippen molar-refractivity contribution < 1.29 is 14.4 Å². The molecule has 0 amide bonds. The predicted octanol–water partition coefficient (Wildman–Crippen LogP) is 0.649. The highest BCUT2D eigenvalue weighted by Gasteiger charge is 2.06. The Kier molecular flexibility index (Phi) is 3.19. The van der Waals surface area contributed by atoms with E-state index in [1.165, 1.54) is 13.2 Å². The van der Waals surface area contributed by atoms with Crippen molar-refractivity contribution in [2.45, 2.75) is 0 Å². The molecule has 1 N–H and O–H groups in total. The number of hydrogen-bond donors (Lipinski definition) is 1. The maximum absolute atomic E-state index is 8.35. The minimum atomic E-state index is 0.229. The Morgan fingerprint density at radius 1 is 1.58 bits per heavy atom. The predicted molar refractivity (Wildman–Crippen MR) is 44.4 cm³/mol. The highest BCUT2D eigenvalue weighted by molar-refractivity contribution is 6.29. The minimum Gasteiger partial charge on any atom is -0.534 e. The molecular weight excluding hydrogens is 180 g/mol. The maximum Gasteiger partial charge on any atom is 0.569 e. The molecule has 0 saturated carbocycles. The second-order valence-electron chi connectivity index (χ2n) is 1.86. The molecule has 0 saturated heterocycles. The molecule has 0 bridgehead atoms. The van der Waals surface area contributed by atoms with Crippen LogP contribution >= 0.6 is 11.6 Å². The lowest BCUT2D eigenvalue weighted by Gasteiger charge is -2.06. The summed E-state index contributed by atoms with van der Waals surface area (Å²) < 4.78 is 9.49. The van der Waals surface area contributed by atoms with E-state index < -0.39 is 0 Å². The standard InChI is InChI=1S/C6H6BClNO3/c1-11-6-4(12-7-10)2-3-5(8)9-6/h2-3,10H,1H3. The Bertz CT molecular complexity index is 271. The SMILES string of the molecule is COc1nc(Cl)ccc1O[B]O. The lowest BCUT2D eigenvalue weighted by atomic mass is 10.3. The van der Waals surface area contributed by atoms with E-state index in [0.717, 1.165) is 0 Å². The lowest BCUT2D eigenvalue weighted by Crippen LogP contribution is -2.02. The molecule has 6 heteroatoms. The fourth-order valence-corrected chi connectivity index (χ4v) is 0.838. The van der Waals surface area contributed by atoms with Crippen LogP contribution in [0.15, 0.2) is 12.1 Å². The fraction of sp³-hybridized carbons (Fsp3) is 0.167. The first-order valence-corrected chi connectivity index (χ1v) is 3.49. The molecule has 1 aromatic heterocycles. The van der Waals surface area contributed by atoms with Crippen molar-refractivity contribution in [3.63, 3.8) is 0 Å². The van der Waals surface area contributed by atoms with Gasteiger partial charge in [-0.25, -0.2) is 0 Å². The van der Waals surface area contributed by atoms with E-state index in [0.29, 0.717) is 18.6 Å². The van der Waals surface area contributed by atoms with Crippen LogP contribution in [0.2, 0.25) is 5.15 Å². The van der Waals surface area contributed by atoms with Gasteiger partial charge in [0.1, 0.15) is 5.15 Å². The molecule has 12 heavy (non-hydrogen) atoms. The normalized spacial score (nSPS) is 9.25. The lowest BCUT2D eigenvalue weighted by molar-refractivity contribution is 0.367. The topological polar surface area (TPSA) is 51.6 Å². The zero-order chi connectivity index (χ0) is 8.97. The Morgan fingerprint density at radius 3 is 2.92 bits per heavy atom. The molecule has 0 unspecified atom stereocenters. The van der Waals surface area contributed by atoms with E-state index in [2.05, 4.69) is 9.64 Å². The van der Waals surface area contributed by atoms with Crippen LogP contribution in [-0.2, 0) is 0 Å². The number of halogens is 1. The third kappa shape index (κ3) is 2.02. The molecule has 0 spiro atoms. The Hall–Kier alpha value is -0.935. The maximum atomic E-state index is 8.35. The summed E-state index contributed by atoms with van der Waals surface area (Å²) in [5.74, 6) is 0.539. The summed E-state index contributed by atoms with van der Waals surface area (Å²) in [6.45, 7) is 0. The summed E-state index contributed by atoms with van der Waals surface area (Å²) in [6, 6.07) is 3.07. The molecule has 0 aliphatic carbocycles. The van der Waals surface area contributed by atoms with Crippen LogP contribution < -0.4 is 9.39 Å². The zero-order valence-corrected chi connectivity index (χ0v) is 7.08. The van der Waals surface area contributed by atoms with Gasteiger partial charge in [-0.15, -0.1) is 0 Å². The van der Waals surface area contributed by atoms with Crippen molar-refractivity contribution in [1.82, 2.24) is 4.98 Å². The van der Waals surface area contributed by atoms with E-state index >= 15 is 0 Å². The van der Waals surface area contributed by atoms with Gasteiger partial charge in [0.15, 0.2) is 5.75 Å². The second kappa shape index (κ2) is 4.18. The van der Waals surface area contributed by atoms with Crippen LogP contribution in [0.25, 0.3) is 0 Å². The average Bonchev–Trinajstić information content (AvgIpc) is 2.08. The number of aromatic nitrogens is 1. The van der Waals surface area contributed by atoms with Gasteiger partial charge in [0.05, 0.1) is 7.11 Å². The second-order valence-corrected chi connectivity index (χ2v) is 2.25. The van der Waals surface area contributed by atoms with Gasteiger partial charge in [-0.3, -0.25) is 0 Å². The molecule has 1 heterocycles. The van der Waals surface area contributed by atoms with Gasteiger partial charge in [0.25, 0.3) is 5.88 Å². The van der Waals surface area contributed by atoms with Gasteiger partial charge in [0, 0.05) is 0 Å². The van der Waals surface area contributed by atoms with Crippen LogP contribution in [0.3, 0.4) is 0 Å². The van der Waals surface area contributed by atoms with Gasteiger partial charge >= 0.3 is 7.69 Å². The molecule has 1 radical (unpaired) electrons. The molecule has 1 rings (SSSR count). The molecule has 0 aliphatic heterocycles. The molecule has 1 aromatic rings. The number of pyridine rings is 1. The van der Waals surface area contributed by atoms with Gasteiger partial charge in [0.2, 0.25) is 0 Å². The molecule has 63 valence electrons. The number of nitrogens with zero attached hydrogens (tertiary/aromatic N) is 1. The van der Waals surface area contributed by atoms with Gasteiger partial charge in [-0.1, -0.05) is 11.6 Å². The largest absolute Gasteiger partial charge is 0.569 e. The molecule has 0 aromatic carbocycles. The first-order chi connectivity index (χ1) is 5.77. The quantitative estimate of drug-likeness (QED) is 0.556. The first-order valence-electron chi connectivity index (χ1n) is 3.11. The van der Waals surface area contributed by atoms with Crippen molar-refractivity contribution in [1.29, 1.82) is 0 Å². The van der Waals surface area contributed by atoms with E-state index in [4.69, 9.17) is 21.4 Å². The Morgan fingerprint density at radius 2 is 2.33 bits per heavy atom. The third-order valence-electron chi connectivity index (χ3n) is 1.16. The summed E-state index contributed by atoms with van der Waals surface area (Å²) in [7, 11) is 1.98. The summed E-state index contributed by atoms with van der Waals surface area (Å²) in [6.07, 6.45) is 0. The van der Waals surface area contributed by atoms with Gasteiger partial charge in [-0.2, -0.15) is 4.98 Å². The van der Waals surface area contributed by atoms with Crippen molar-refractivity contribution in [3.8, 4) is 11.6 Å². The summed E-state index contributed by atoms with van der Waals surface area (Å²) in [5, 5.41) is 8.65. The molecular formula is C6H6BClNO3. The van der Waals surface area contributed by atoms with Gasteiger partial charge < -0.3 is 14.4 Å². The first kappa shape index (κ1) is 9.16. The van der Waals surface area contributed by atoms with Crippen LogP contribution in [0.4, 0.5) is 0 Å². The fourth-order valence-electron chi connectivity index (χ4n) is 0.698. The average molecular weight is 186 g/mol. The van der Waals surface area contributed by atoms with E-state index in [1.807, 2.05) is 0 Å². The molecule has 0 aliphatic rings. The van der Waals surface area contributed by atoms with E-state index in [9.17, 15) is 0 Å². The summed E-state index contributed by atoms with van der Waals surface area (Å²) >= 11 is 5.58. The smallest absolute Gasteiger partial charge is 0.534 e. The number of ether oxygens (including phenoxy) is 1. The summed E-state index contributed by atoms with van der Waals surface area (Å²) in [4.78, 5) is 3.80. The van der Waals surface area contributed by atoms with Crippen LogP contribution in [0.5, 0.6) is 11.6 Å². The minimum absolute atomic E-state index is 0.229. The highest BCUT2D eigenvalue weighted by Crippen LogP contribution is 2.25. The van der Waals surface area contributed by atoms with Crippen molar-refractivity contribution in [3.05, 3.63) is 17.3 Å². The molecule has 4 nitrogen and oxygen atoms in total. The number of hydrogen-bond acceptors (Lipinski definition) is 4. The highest BCUT2D eigenvalue weighted by atomic mass is 35.5. The van der Waals surface area contributed by atoms with Crippen molar-refractivity contribution in [2.75, 3.05) is 7.11 Å². The zero-order valence-electron chi connectivity index (χ0n) is 6.32. The Labute approximate surface area is 75.4 Å². The van der Waals surface area contributed by atoms with Crippen LogP contribution in [0.1, 0.15) is 0 Å². The van der Waals surface area contributed by atoms with E-state index in [1.54, 1.807) is 6.07 Å². The number of methoxy groups -OCH3 is 1.